The van der Waals surface area contributed by atoms with E-state index in [0.29, 0.717) is 18.5 Å². The topological polar surface area (TPSA) is 54.1 Å². The third-order valence-corrected chi connectivity index (χ3v) is 4.09. The van der Waals surface area contributed by atoms with E-state index in [-0.39, 0.29) is 11.7 Å². The van der Waals surface area contributed by atoms with Gasteiger partial charge in [0.1, 0.15) is 11.6 Å². The molecule has 2 N–H and O–H groups in total. The molecule has 1 amide bonds. The molecule has 0 fully saturated rings. The minimum atomic E-state index is -0.352. The van der Waals surface area contributed by atoms with E-state index in [1.807, 2.05) is 25.1 Å². The number of ether oxygens (including phenoxy) is 1. The number of nitrogens with one attached hydrogen (secondary N) is 2. The standard InChI is InChI=1S/C19H19FN2O2/c1-12-16(17-11-15(24-2)7-8-18(17)22-12)9-10-21-19(23)13-3-5-14(20)6-4-13/h3-8,11,22H,9-10H2,1-2H3,(H,21,23). The van der Waals surface area contributed by atoms with Crippen LogP contribution < -0.4 is 10.1 Å². The van der Waals surface area contributed by atoms with Gasteiger partial charge in [0, 0.05) is 28.7 Å². The van der Waals surface area contributed by atoms with Crippen molar-refractivity contribution in [3.8, 4) is 5.75 Å². The number of H-pyrrole nitrogens is 1. The maximum absolute atomic E-state index is 12.9. The molecular weight excluding hydrogens is 307 g/mol. The minimum absolute atomic E-state index is 0.204. The number of methoxy groups -OCH3 is 1. The van der Waals surface area contributed by atoms with Gasteiger partial charge < -0.3 is 15.0 Å². The molecule has 0 aliphatic carbocycles. The van der Waals surface area contributed by atoms with Crippen LogP contribution in [0.5, 0.6) is 5.75 Å². The molecule has 124 valence electrons. The summed E-state index contributed by atoms with van der Waals surface area (Å²) in [5.74, 6) is 0.248. The molecule has 24 heavy (non-hydrogen) atoms. The first kappa shape index (κ1) is 16.1. The van der Waals surface area contributed by atoms with Gasteiger partial charge in [0.15, 0.2) is 0 Å². The number of aromatic amines is 1. The van der Waals surface area contributed by atoms with Crippen molar-refractivity contribution in [3.63, 3.8) is 0 Å². The third-order valence-electron chi connectivity index (χ3n) is 4.09. The molecule has 0 saturated heterocycles. The van der Waals surface area contributed by atoms with Gasteiger partial charge in [-0.3, -0.25) is 4.79 Å². The zero-order chi connectivity index (χ0) is 17.1. The van der Waals surface area contributed by atoms with Crippen LogP contribution in [0.15, 0.2) is 42.5 Å². The number of benzene rings is 2. The molecule has 0 atom stereocenters. The first-order valence-corrected chi connectivity index (χ1v) is 7.77. The second kappa shape index (κ2) is 6.74. The SMILES string of the molecule is COc1ccc2[nH]c(C)c(CCNC(=O)c3ccc(F)cc3)c2c1. The number of fused-ring (bicyclic) bond motifs is 1. The molecule has 3 rings (SSSR count). The average Bonchev–Trinajstić information content (AvgIpc) is 2.90. The first-order chi connectivity index (χ1) is 11.6. The van der Waals surface area contributed by atoms with Crippen LogP contribution in [0.3, 0.4) is 0 Å². The second-order valence-corrected chi connectivity index (χ2v) is 5.65. The van der Waals surface area contributed by atoms with Gasteiger partial charge in [-0.25, -0.2) is 4.39 Å². The number of halogens is 1. The Balaban J connectivity index is 1.70. The molecule has 0 saturated carbocycles. The van der Waals surface area contributed by atoms with Gasteiger partial charge in [0.05, 0.1) is 7.11 Å². The molecule has 1 heterocycles. The smallest absolute Gasteiger partial charge is 0.251 e. The van der Waals surface area contributed by atoms with Crippen LogP contribution in [-0.4, -0.2) is 24.5 Å². The molecular formula is C19H19FN2O2. The maximum atomic E-state index is 12.9. The van der Waals surface area contributed by atoms with Crippen LogP contribution in [0.4, 0.5) is 4.39 Å². The fourth-order valence-electron chi connectivity index (χ4n) is 2.81. The lowest BCUT2D eigenvalue weighted by atomic mass is 10.1. The highest BCUT2D eigenvalue weighted by molar-refractivity contribution is 5.94. The zero-order valence-corrected chi connectivity index (χ0v) is 13.7. The summed E-state index contributed by atoms with van der Waals surface area (Å²) in [6.45, 7) is 2.52. The molecule has 0 unspecified atom stereocenters. The van der Waals surface area contributed by atoms with Crippen LogP contribution in [0.25, 0.3) is 10.9 Å². The summed E-state index contributed by atoms with van der Waals surface area (Å²) in [4.78, 5) is 15.4. The number of rotatable bonds is 5. The zero-order valence-electron chi connectivity index (χ0n) is 13.7. The molecule has 2 aromatic carbocycles. The first-order valence-electron chi connectivity index (χ1n) is 7.77. The number of carbonyl (C=O) groups is 1. The highest BCUT2D eigenvalue weighted by Crippen LogP contribution is 2.26. The van der Waals surface area contributed by atoms with Gasteiger partial charge in [-0.2, -0.15) is 0 Å². The lowest BCUT2D eigenvalue weighted by Gasteiger charge is -2.06. The number of hydrogen-bond donors (Lipinski definition) is 2. The van der Waals surface area contributed by atoms with Crippen molar-refractivity contribution in [2.45, 2.75) is 13.3 Å². The molecule has 0 bridgehead atoms. The molecule has 5 heteroatoms. The monoisotopic (exact) mass is 326 g/mol. The molecule has 0 radical (unpaired) electrons. The summed E-state index contributed by atoms with van der Waals surface area (Å²) in [6.07, 6.45) is 0.700. The lowest BCUT2D eigenvalue weighted by molar-refractivity contribution is 0.0954. The van der Waals surface area contributed by atoms with Crippen LogP contribution in [0.2, 0.25) is 0 Å². The Morgan fingerprint density at radius 2 is 1.96 bits per heavy atom. The van der Waals surface area contributed by atoms with E-state index in [1.54, 1.807) is 7.11 Å². The molecule has 1 aromatic heterocycles. The van der Waals surface area contributed by atoms with Crippen LogP contribution >= 0.6 is 0 Å². The van der Waals surface area contributed by atoms with Crippen LogP contribution in [0.1, 0.15) is 21.6 Å². The largest absolute Gasteiger partial charge is 0.497 e. The number of hydrogen-bond acceptors (Lipinski definition) is 2. The van der Waals surface area contributed by atoms with E-state index in [2.05, 4.69) is 10.3 Å². The van der Waals surface area contributed by atoms with Crippen molar-refractivity contribution in [3.05, 3.63) is 65.1 Å². The van der Waals surface area contributed by atoms with E-state index in [9.17, 15) is 9.18 Å². The van der Waals surface area contributed by atoms with Gasteiger partial charge in [0.2, 0.25) is 0 Å². The number of aromatic nitrogens is 1. The molecule has 0 aliphatic heterocycles. The number of carbonyl (C=O) groups excluding carboxylic acids is 1. The Labute approximate surface area is 139 Å². The fraction of sp³-hybridized carbons (Fsp3) is 0.211. The van der Waals surface area contributed by atoms with Gasteiger partial charge >= 0.3 is 0 Å². The van der Waals surface area contributed by atoms with Gasteiger partial charge in [-0.15, -0.1) is 0 Å². The highest BCUT2D eigenvalue weighted by Gasteiger charge is 2.10. The Bertz CT molecular complexity index is 869. The normalized spacial score (nSPS) is 10.8. The Morgan fingerprint density at radius 3 is 2.67 bits per heavy atom. The number of aryl methyl sites for hydroxylation is 1. The van der Waals surface area contributed by atoms with Crippen molar-refractivity contribution < 1.29 is 13.9 Å². The van der Waals surface area contributed by atoms with Crippen molar-refractivity contribution >= 4 is 16.8 Å². The minimum Gasteiger partial charge on any atom is -0.497 e. The quantitative estimate of drug-likeness (QED) is 0.753. The van der Waals surface area contributed by atoms with Crippen molar-refractivity contribution in [1.29, 1.82) is 0 Å². The van der Waals surface area contributed by atoms with Crippen LogP contribution in [-0.2, 0) is 6.42 Å². The molecule has 3 aromatic rings. The molecule has 0 aliphatic rings. The lowest BCUT2D eigenvalue weighted by Crippen LogP contribution is -2.25. The summed E-state index contributed by atoms with van der Waals surface area (Å²) < 4.78 is 18.2. The van der Waals surface area contributed by atoms with Crippen molar-refractivity contribution in [2.75, 3.05) is 13.7 Å². The Morgan fingerprint density at radius 1 is 1.21 bits per heavy atom. The van der Waals surface area contributed by atoms with E-state index < -0.39 is 0 Å². The van der Waals surface area contributed by atoms with Gasteiger partial charge in [-0.05, 0) is 61.4 Å². The average molecular weight is 326 g/mol. The van der Waals surface area contributed by atoms with Crippen LogP contribution in [0, 0.1) is 12.7 Å². The highest BCUT2D eigenvalue weighted by atomic mass is 19.1. The summed E-state index contributed by atoms with van der Waals surface area (Å²) in [7, 11) is 1.64. The molecule has 4 nitrogen and oxygen atoms in total. The van der Waals surface area contributed by atoms with Crippen molar-refractivity contribution in [2.24, 2.45) is 0 Å². The summed E-state index contributed by atoms with van der Waals surface area (Å²) in [5, 5.41) is 3.97. The van der Waals surface area contributed by atoms with E-state index in [0.717, 1.165) is 27.9 Å². The van der Waals surface area contributed by atoms with Gasteiger partial charge in [-0.1, -0.05) is 0 Å². The third kappa shape index (κ3) is 3.25. The fourth-order valence-corrected chi connectivity index (χ4v) is 2.81. The number of amides is 1. The van der Waals surface area contributed by atoms with Crippen molar-refractivity contribution in [1.82, 2.24) is 10.3 Å². The summed E-state index contributed by atoms with van der Waals surface area (Å²) in [5.41, 5.74) is 3.74. The summed E-state index contributed by atoms with van der Waals surface area (Å²) in [6, 6.07) is 11.4. The predicted octanol–water partition coefficient (Wildman–Crippen LogP) is 3.60. The molecule has 0 spiro atoms. The maximum Gasteiger partial charge on any atom is 0.251 e. The second-order valence-electron chi connectivity index (χ2n) is 5.65. The predicted molar refractivity (Wildman–Crippen MR) is 92.0 cm³/mol. The summed E-state index contributed by atoms with van der Waals surface area (Å²) >= 11 is 0. The van der Waals surface area contributed by atoms with Gasteiger partial charge in [0.25, 0.3) is 5.91 Å². The Kier molecular flexibility index (Phi) is 4.51. The van der Waals surface area contributed by atoms with E-state index in [1.165, 1.54) is 24.3 Å². The Hall–Kier alpha value is -2.82. The van der Waals surface area contributed by atoms with E-state index in [4.69, 9.17) is 4.74 Å². The van der Waals surface area contributed by atoms with E-state index >= 15 is 0 Å².